The molecule has 4 N–H and O–H groups in total. The summed E-state index contributed by atoms with van der Waals surface area (Å²) in [6.45, 7) is 1.67. The fourth-order valence-electron chi connectivity index (χ4n) is 1.52. The zero-order chi connectivity index (χ0) is 13.8. The summed E-state index contributed by atoms with van der Waals surface area (Å²) in [4.78, 5) is 15.7. The maximum Gasteiger partial charge on any atom is 0.293 e. The first-order valence-corrected chi connectivity index (χ1v) is 5.41. The van der Waals surface area contributed by atoms with Crippen LogP contribution in [0.3, 0.4) is 0 Å². The highest BCUT2D eigenvalue weighted by molar-refractivity contribution is 6.04. The number of aryl methyl sites for hydroxylation is 1. The smallest absolute Gasteiger partial charge is 0.293 e. The quantitative estimate of drug-likeness (QED) is 0.333. The first-order valence-electron chi connectivity index (χ1n) is 5.41. The molecule has 1 amide bonds. The number of anilines is 1. The minimum atomic E-state index is -0.411. The third-order valence-corrected chi connectivity index (χ3v) is 2.48. The number of oxime groups is 1. The van der Waals surface area contributed by atoms with E-state index in [0.29, 0.717) is 16.9 Å². The topological polar surface area (TPSA) is 114 Å². The summed E-state index contributed by atoms with van der Waals surface area (Å²) in [6, 6.07) is 6.59. The van der Waals surface area contributed by atoms with E-state index in [1.54, 1.807) is 31.2 Å². The zero-order valence-corrected chi connectivity index (χ0v) is 10.1. The number of hydrogen-bond donors (Lipinski definition) is 3. The number of nitrogens with two attached hydrogens (primary N) is 1. The monoisotopic (exact) mass is 260 g/mol. The molecule has 0 saturated carbocycles. The van der Waals surface area contributed by atoms with E-state index in [4.69, 9.17) is 15.4 Å². The van der Waals surface area contributed by atoms with Gasteiger partial charge in [-0.05, 0) is 19.1 Å². The molecule has 0 aliphatic heterocycles. The van der Waals surface area contributed by atoms with Crippen LogP contribution in [-0.4, -0.2) is 21.9 Å². The highest BCUT2D eigenvalue weighted by Crippen LogP contribution is 2.13. The molecule has 1 aromatic carbocycles. The van der Waals surface area contributed by atoms with E-state index in [1.807, 2.05) is 0 Å². The number of carbonyl (C=O) groups is 1. The second-order valence-corrected chi connectivity index (χ2v) is 3.79. The number of oxazole rings is 1. The van der Waals surface area contributed by atoms with Gasteiger partial charge in [-0.25, -0.2) is 4.98 Å². The Kier molecular flexibility index (Phi) is 3.46. The fourth-order valence-corrected chi connectivity index (χ4v) is 1.52. The average molecular weight is 260 g/mol. The van der Waals surface area contributed by atoms with Gasteiger partial charge >= 0.3 is 0 Å². The molecule has 19 heavy (non-hydrogen) atoms. The van der Waals surface area contributed by atoms with E-state index in [2.05, 4.69) is 15.5 Å². The van der Waals surface area contributed by atoms with Crippen molar-refractivity contribution in [3.05, 3.63) is 47.7 Å². The molecule has 2 rings (SSSR count). The van der Waals surface area contributed by atoms with Gasteiger partial charge in [0.15, 0.2) is 12.2 Å². The maximum atomic E-state index is 11.9. The summed E-state index contributed by atoms with van der Waals surface area (Å²) in [6.07, 6.45) is 1.21. The Morgan fingerprint density at radius 3 is 2.95 bits per heavy atom. The van der Waals surface area contributed by atoms with Crippen LogP contribution in [0.4, 0.5) is 5.69 Å². The Labute approximate surface area is 108 Å². The van der Waals surface area contributed by atoms with E-state index in [9.17, 15) is 4.79 Å². The molecule has 1 heterocycles. The molecule has 0 bridgehead atoms. The van der Waals surface area contributed by atoms with Crippen molar-refractivity contribution in [3.8, 4) is 0 Å². The molecule has 7 nitrogen and oxygen atoms in total. The molecule has 0 spiro atoms. The van der Waals surface area contributed by atoms with Crippen molar-refractivity contribution in [2.45, 2.75) is 6.92 Å². The Bertz CT molecular complexity index is 633. The lowest BCUT2D eigenvalue weighted by Crippen LogP contribution is -2.15. The van der Waals surface area contributed by atoms with Crippen LogP contribution in [0.5, 0.6) is 0 Å². The third kappa shape index (κ3) is 2.71. The number of nitrogens with zero attached hydrogens (tertiary/aromatic N) is 2. The summed E-state index contributed by atoms with van der Waals surface area (Å²) in [5.41, 5.74) is 6.98. The second-order valence-electron chi connectivity index (χ2n) is 3.79. The number of carbonyl (C=O) groups excluding carboxylic acids is 1. The lowest BCUT2D eigenvalue weighted by molar-refractivity contribution is 0.0996. The standard InChI is InChI=1S/C12H12N4O3/c1-7-10(19-6-14-7)12(17)15-9-4-2-3-8(5-9)11(13)16-18/h2-6,18H,1H3,(H2,13,16)(H,15,17). The Morgan fingerprint density at radius 2 is 2.32 bits per heavy atom. The van der Waals surface area contributed by atoms with Gasteiger partial charge in [-0.15, -0.1) is 0 Å². The van der Waals surface area contributed by atoms with E-state index in [1.165, 1.54) is 6.39 Å². The molecular formula is C12H12N4O3. The van der Waals surface area contributed by atoms with Crippen LogP contribution in [0.25, 0.3) is 0 Å². The van der Waals surface area contributed by atoms with Crippen LogP contribution < -0.4 is 11.1 Å². The SMILES string of the molecule is Cc1ncoc1C(=O)Nc1cccc(/C(N)=N/O)c1. The van der Waals surface area contributed by atoms with Crippen molar-refractivity contribution < 1.29 is 14.4 Å². The second kappa shape index (κ2) is 5.21. The molecule has 0 radical (unpaired) electrons. The summed E-state index contributed by atoms with van der Waals surface area (Å²) in [7, 11) is 0. The minimum Gasteiger partial charge on any atom is -0.438 e. The van der Waals surface area contributed by atoms with E-state index >= 15 is 0 Å². The van der Waals surface area contributed by atoms with Gasteiger partial charge in [0.05, 0.1) is 5.69 Å². The summed E-state index contributed by atoms with van der Waals surface area (Å²) in [5.74, 6) is -0.298. The van der Waals surface area contributed by atoms with Gasteiger partial charge in [-0.2, -0.15) is 0 Å². The number of amides is 1. The van der Waals surface area contributed by atoms with E-state index in [-0.39, 0.29) is 11.6 Å². The van der Waals surface area contributed by atoms with Gasteiger partial charge in [-0.3, -0.25) is 4.79 Å². The number of rotatable bonds is 3. The molecule has 7 heteroatoms. The lowest BCUT2D eigenvalue weighted by Gasteiger charge is -2.05. The van der Waals surface area contributed by atoms with Crippen molar-refractivity contribution in [3.63, 3.8) is 0 Å². The predicted molar refractivity (Wildman–Crippen MR) is 68.1 cm³/mol. The van der Waals surface area contributed by atoms with Crippen LogP contribution >= 0.6 is 0 Å². The molecule has 0 aliphatic rings. The van der Waals surface area contributed by atoms with Crippen molar-refractivity contribution in [2.75, 3.05) is 5.32 Å². The number of amidine groups is 1. The number of hydrogen-bond acceptors (Lipinski definition) is 5. The van der Waals surface area contributed by atoms with Gasteiger partial charge in [0.2, 0.25) is 5.76 Å². The summed E-state index contributed by atoms with van der Waals surface area (Å²) in [5, 5.41) is 14.1. The van der Waals surface area contributed by atoms with Crippen molar-refractivity contribution >= 4 is 17.4 Å². The number of aromatic nitrogens is 1. The van der Waals surface area contributed by atoms with E-state index in [0.717, 1.165) is 0 Å². The molecule has 2 aromatic rings. The average Bonchev–Trinajstić information content (AvgIpc) is 2.84. The first kappa shape index (κ1) is 12.6. The largest absolute Gasteiger partial charge is 0.438 e. The Balaban J connectivity index is 2.20. The number of nitrogens with one attached hydrogen (secondary N) is 1. The van der Waals surface area contributed by atoms with Crippen LogP contribution in [0.1, 0.15) is 21.8 Å². The van der Waals surface area contributed by atoms with Gasteiger partial charge in [0.25, 0.3) is 5.91 Å². The highest BCUT2D eigenvalue weighted by Gasteiger charge is 2.14. The molecule has 1 aromatic heterocycles. The van der Waals surface area contributed by atoms with Crippen molar-refractivity contribution in [1.82, 2.24) is 4.98 Å². The van der Waals surface area contributed by atoms with Gasteiger partial charge < -0.3 is 20.7 Å². The molecule has 0 unspecified atom stereocenters. The van der Waals surface area contributed by atoms with Crippen molar-refractivity contribution in [1.29, 1.82) is 0 Å². The Hall–Kier alpha value is -2.83. The van der Waals surface area contributed by atoms with Gasteiger partial charge in [0, 0.05) is 11.3 Å². The third-order valence-electron chi connectivity index (χ3n) is 2.48. The van der Waals surface area contributed by atoms with Gasteiger partial charge in [-0.1, -0.05) is 17.3 Å². The normalized spacial score (nSPS) is 11.3. The van der Waals surface area contributed by atoms with Gasteiger partial charge in [0.1, 0.15) is 0 Å². The van der Waals surface area contributed by atoms with Crippen LogP contribution in [0, 0.1) is 6.92 Å². The van der Waals surface area contributed by atoms with Crippen molar-refractivity contribution in [2.24, 2.45) is 10.9 Å². The first-order chi connectivity index (χ1) is 9.11. The predicted octanol–water partition coefficient (Wildman–Crippen LogP) is 1.33. The fraction of sp³-hybridized carbons (Fsp3) is 0.0833. The lowest BCUT2D eigenvalue weighted by atomic mass is 10.2. The summed E-state index contributed by atoms with van der Waals surface area (Å²) >= 11 is 0. The molecule has 0 atom stereocenters. The van der Waals surface area contributed by atoms with Crippen LogP contribution in [0.15, 0.2) is 40.2 Å². The Morgan fingerprint density at radius 1 is 1.53 bits per heavy atom. The molecule has 0 fully saturated rings. The molecule has 98 valence electrons. The molecule has 0 aliphatic carbocycles. The zero-order valence-electron chi connectivity index (χ0n) is 10.1. The minimum absolute atomic E-state index is 0.0352. The molecule has 0 saturated heterocycles. The maximum absolute atomic E-state index is 11.9. The summed E-state index contributed by atoms with van der Waals surface area (Å²) < 4.78 is 4.99. The van der Waals surface area contributed by atoms with E-state index < -0.39 is 5.91 Å². The highest BCUT2D eigenvalue weighted by atomic mass is 16.4. The number of benzene rings is 1. The van der Waals surface area contributed by atoms with Crippen LogP contribution in [-0.2, 0) is 0 Å². The molecular weight excluding hydrogens is 248 g/mol. The van der Waals surface area contributed by atoms with Crippen LogP contribution in [0.2, 0.25) is 0 Å².